The Morgan fingerprint density at radius 2 is 1.51 bits per heavy atom. The van der Waals surface area contributed by atoms with E-state index in [4.69, 9.17) is 20.7 Å². The molecule has 0 spiro atoms. The third kappa shape index (κ3) is 15.8. The van der Waals surface area contributed by atoms with E-state index in [9.17, 15) is 14.6 Å². The second kappa shape index (κ2) is 21.6. The van der Waals surface area contributed by atoms with Crippen molar-refractivity contribution >= 4 is 52.1 Å². The Morgan fingerprint density at radius 3 is 2.12 bits per heavy atom. The van der Waals surface area contributed by atoms with Crippen molar-refractivity contribution in [2.45, 2.75) is 109 Å². The number of hydrogen-bond donors (Lipinski definition) is 4. The first kappa shape index (κ1) is 36.1. The van der Waals surface area contributed by atoms with E-state index in [2.05, 4.69) is 21.9 Å². The lowest BCUT2D eigenvalue weighted by Crippen LogP contribution is -2.25. The Hall–Kier alpha value is -1.08. The van der Waals surface area contributed by atoms with Crippen LogP contribution in [0, 0.1) is 0 Å². The molecular weight excluding hydrogens is 583 g/mol. The van der Waals surface area contributed by atoms with Crippen molar-refractivity contribution in [2.75, 3.05) is 42.5 Å². The minimum atomic E-state index is -3.95. The topological polar surface area (TPSA) is 172 Å². The normalized spacial score (nSPS) is 14.0. The molecule has 11 nitrogen and oxygen atoms in total. The lowest BCUT2D eigenvalue weighted by molar-refractivity contribution is 0.0184. The minimum Gasteiger partial charge on any atom is -0.394 e. The van der Waals surface area contributed by atoms with Gasteiger partial charge in [-0.1, -0.05) is 112 Å². The zero-order valence-corrected chi connectivity index (χ0v) is 27.2. The van der Waals surface area contributed by atoms with E-state index in [1.165, 1.54) is 96.2 Å². The highest BCUT2D eigenvalue weighted by molar-refractivity contribution is 8.76. The Bertz CT molecular complexity index is 1020. The quantitative estimate of drug-likeness (QED) is 0.0511. The van der Waals surface area contributed by atoms with Gasteiger partial charge in [-0.15, -0.1) is 0 Å². The summed E-state index contributed by atoms with van der Waals surface area (Å²) in [6.45, 7) is 2.18. The zero-order valence-electron chi connectivity index (χ0n) is 24.6. The van der Waals surface area contributed by atoms with Gasteiger partial charge in [-0.3, -0.25) is 4.57 Å². The van der Waals surface area contributed by atoms with E-state index in [-0.39, 0.29) is 31.5 Å². The molecule has 0 aliphatic rings. The smallest absolute Gasteiger partial charge is 0.353 e. The average Bonchev–Trinajstić information content (AvgIpc) is 3.34. The summed E-state index contributed by atoms with van der Waals surface area (Å²) in [6.07, 6.45) is 19.2. The summed E-state index contributed by atoms with van der Waals surface area (Å²) in [4.78, 5) is 22.3. The zero-order chi connectivity index (χ0) is 29.8. The SMILES string of the molecule is CCCCCCCCCCCCCCCCSSCCOP(=O)(O)COC(CO)Cn1cnc2c(N)nc(N)nc21. The monoisotopic (exact) mass is 634 g/mol. The van der Waals surface area contributed by atoms with Crippen molar-refractivity contribution in [2.24, 2.45) is 0 Å². The molecule has 0 aromatic carbocycles. The molecule has 0 aliphatic carbocycles. The highest BCUT2D eigenvalue weighted by Gasteiger charge is 2.23. The largest absolute Gasteiger partial charge is 0.394 e. The molecule has 6 N–H and O–H groups in total. The number of hydrogen-bond acceptors (Lipinski definition) is 11. The van der Waals surface area contributed by atoms with Gasteiger partial charge in [0.1, 0.15) is 11.9 Å². The van der Waals surface area contributed by atoms with Gasteiger partial charge in [0.25, 0.3) is 0 Å². The summed E-state index contributed by atoms with van der Waals surface area (Å²) >= 11 is 0. The predicted octanol–water partition coefficient (Wildman–Crippen LogP) is 6.39. The number of anilines is 2. The molecule has 0 amide bonds. The van der Waals surface area contributed by atoms with Crippen LogP contribution in [0.3, 0.4) is 0 Å². The van der Waals surface area contributed by atoms with Crippen molar-refractivity contribution in [3.05, 3.63) is 6.33 Å². The van der Waals surface area contributed by atoms with Gasteiger partial charge in [0.2, 0.25) is 5.95 Å². The summed E-state index contributed by atoms with van der Waals surface area (Å²) in [5.74, 6) is 1.84. The minimum absolute atomic E-state index is 0.00194. The number of ether oxygens (including phenoxy) is 1. The third-order valence-corrected chi connectivity index (χ3v) is 10.2. The fraction of sp³-hybridized carbons (Fsp3) is 0.815. The van der Waals surface area contributed by atoms with Crippen molar-refractivity contribution < 1.29 is 23.8 Å². The second-order valence-electron chi connectivity index (χ2n) is 10.3. The number of aliphatic hydroxyl groups is 1. The average molecular weight is 635 g/mol. The molecule has 2 heterocycles. The second-order valence-corrected chi connectivity index (χ2v) is 14.8. The number of nitrogens with two attached hydrogens (primary N) is 2. The van der Waals surface area contributed by atoms with Crippen LogP contribution in [-0.4, -0.2) is 66.7 Å². The molecule has 0 saturated heterocycles. The highest BCUT2D eigenvalue weighted by atomic mass is 33.1. The molecule has 41 heavy (non-hydrogen) atoms. The standard InChI is InChI=1S/C27H51N6O5PS2/c1-2-3-4-5-6-7-8-9-10-11-12-13-14-15-17-40-41-18-16-38-39(35,36)22-37-23(20-34)19-33-21-30-24-25(28)31-27(29)32-26(24)33/h21,23,34H,2-20,22H2,1H3,(H,35,36)(H4,28,29,31,32). The molecule has 2 unspecified atom stereocenters. The van der Waals surface area contributed by atoms with Gasteiger partial charge in [-0.25, -0.2) is 4.98 Å². The van der Waals surface area contributed by atoms with Crippen LogP contribution in [0.2, 0.25) is 0 Å². The summed E-state index contributed by atoms with van der Waals surface area (Å²) in [5, 5.41) is 9.69. The maximum absolute atomic E-state index is 12.4. The van der Waals surface area contributed by atoms with E-state index in [1.54, 1.807) is 26.2 Å². The van der Waals surface area contributed by atoms with Crippen LogP contribution >= 0.6 is 29.2 Å². The van der Waals surface area contributed by atoms with Crippen LogP contribution in [0.15, 0.2) is 6.33 Å². The Balaban J connectivity index is 1.44. The number of nitrogens with zero attached hydrogens (tertiary/aromatic N) is 4. The van der Waals surface area contributed by atoms with Crippen LogP contribution in [0.25, 0.3) is 11.2 Å². The summed E-state index contributed by atoms with van der Waals surface area (Å²) in [7, 11) is -0.523. The third-order valence-electron chi connectivity index (χ3n) is 6.71. The van der Waals surface area contributed by atoms with Crippen molar-refractivity contribution in [1.82, 2.24) is 19.5 Å². The molecule has 2 atom stereocenters. The summed E-state index contributed by atoms with van der Waals surface area (Å²) in [6, 6.07) is 0. The number of unbranched alkanes of at least 4 members (excludes halogenated alkanes) is 13. The van der Waals surface area contributed by atoms with Crippen LogP contribution in [0.4, 0.5) is 11.8 Å². The molecule has 2 aromatic heterocycles. The van der Waals surface area contributed by atoms with E-state index in [0.717, 1.165) is 5.75 Å². The van der Waals surface area contributed by atoms with Crippen molar-refractivity contribution in [3.8, 4) is 0 Å². The lowest BCUT2D eigenvalue weighted by Gasteiger charge is -2.19. The Kier molecular flexibility index (Phi) is 19.0. The maximum Gasteiger partial charge on any atom is 0.353 e. The van der Waals surface area contributed by atoms with Crippen LogP contribution in [0.1, 0.15) is 96.8 Å². The maximum atomic E-state index is 12.4. The van der Waals surface area contributed by atoms with Gasteiger partial charge < -0.3 is 35.3 Å². The van der Waals surface area contributed by atoms with Crippen molar-refractivity contribution in [1.29, 1.82) is 0 Å². The molecule has 0 fully saturated rings. The first-order valence-corrected chi connectivity index (χ1v) is 19.3. The molecule has 2 rings (SSSR count). The predicted molar refractivity (Wildman–Crippen MR) is 172 cm³/mol. The van der Waals surface area contributed by atoms with Crippen molar-refractivity contribution in [3.63, 3.8) is 0 Å². The van der Waals surface area contributed by atoms with Gasteiger partial charge in [0.15, 0.2) is 11.5 Å². The first-order valence-electron chi connectivity index (χ1n) is 15.0. The summed E-state index contributed by atoms with van der Waals surface area (Å²) in [5.41, 5.74) is 12.2. The fourth-order valence-corrected chi connectivity index (χ4v) is 7.37. The van der Waals surface area contributed by atoms with Crippen LogP contribution in [-0.2, 0) is 20.4 Å². The van der Waals surface area contributed by atoms with Crippen LogP contribution in [0.5, 0.6) is 0 Å². The summed E-state index contributed by atoms with van der Waals surface area (Å²) < 4.78 is 24.6. The number of rotatable bonds is 26. The van der Waals surface area contributed by atoms with E-state index < -0.39 is 20.0 Å². The fourth-order valence-electron chi connectivity index (χ4n) is 4.42. The van der Waals surface area contributed by atoms with E-state index in [1.807, 2.05) is 0 Å². The number of aliphatic hydroxyl groups excluding tert-OH is 1. The first-order chi connectivity index (χ1) is 19.9. The molecule has 236 valence electrons. The van der Waals surface area contributed by atoms with Crippen LogP contribution < -0.4 is 11.5 Å². The van der Waals surface area contributed by atoms with Gasteiger partial charge >= 0.3 is 7.60 Å². The highest BCUT2D eigenvalue weighted by Crippen LogP contribution is 2.42. The van der Waals surface area contributed by atoms with Gasteiger partial charge in [0, 0.05) is 11.5 Å². The number of imidazole rings is 1. The molecule has 14 heteroatoms. The molecule has 0 radical (unpaired) electrons. The molecule has 2 aromatic rings. The van der Waals surface area contributed by atoms with Gasteiger partial charge in [0.05, 0.1) is 32.2 Å². The molecule has 0 bridgehead atoms. The molecule has 0 saturated carbocycles. The Morgan fingerprint density at radius 1 is 0.927 bits per heavy atom. The van der Waals surface area contributed by atoms with E-state index in [0.29, 0.717) is 16.9 Å². The molecular formula is C27H51N6O5PS2. The van der Waals surface area contributed by atoms with E-state index >= 15 is 0 Å². The van der Waals surface area contributed by atoms with Gasteiger partial charge in [-0.05, 0) is 6.42 Å². The lowest BCUT2D eigenvalue weighted by atomic mass is 10.0. The number of aromatic nitrogens is 4. The molecule has 0 aliphatic heterocycles. The number of nitrogen functional groups attached to an aromatic ring is 2. The van der Waals surface area contributed by atoms with Gasteiger partial charge in [-0.2, -0.15) is 9.97 Å². The number of fused-ring (bicyclic) bond motifs is 1. The Labute approximate surface area is 253 Å².